The molecule has 0 bridgehead atoms. The molecule has 2 aromatic heterocycles. The molecule has 3 aromatic carbocycles. The van der Waals surface area contributed by atoms with Gasteiger partial charge in [-0.25, -0.2) is 4.98 Å². The van der Waals surface area contributed by atoms with Crippen molar-refractivity contribution >= 4 is 24.3 Å². The smallest absolute Gasteiger partial charge is 0.144 e. The van der Waals surface area contributed by atoms with Crippen LogP contribution >= 0.6 is 0 Å². The van der Waals surface area contributed by atoms with Gasteiger partial charge in [0.1, 0.15) is 11.6 Å². The van der Waals surface area contributed by atoms with E-state index >= 15 is 0 Å². The number of benzene rings is 3. The first-order valence-corrected chi connectivity index (χ1v) is 19.0. The zero-order valence-electron chi connectivity index (χ0n) is 27.8. The fourth-order valence-corrected chi connectivity index (χ4v) is 6.88. The molecule has 0 radical (unpaired) electrons. The number of hydrogen-bond acceptors (Lipinski definition) is 3. The van der Waals surface area contributed by atoms with Gasteiger partial charge in [0.15, 0.2) is 0 Å². The molecular weight excluding hydrogens is 543 g/mol. The van der Waals surface area contributed by atoms with E-state index in [0.717, 1.165) is 50.4 Å². The molecule has 224 valence electrons. The van der Waals surface area contributed by atoms with E-state index in [9.17, 15) is 5.11 Å². The highest BCUT2D eigenvalue weighted by Gasteiger charge is 2.23. The van der Waals surface area contributed by atoms with E-state index in [0.29, 0.717) is 11.7 Å². The number of aryl methyl sites for hydroxylation is 1. The number of nitrogens with zero attached hydrogens (tertiary/aromatic N) is 3. The molecule has 0 amide bonds. The number of hydrogen-bond donors (Lipinski definition) is 1. The summed E-state index contributed by atoms with van der Waals surface area (Å²) in [7, 11) is 0.551. The lowest BCUT2D eigenvalue weighted by atomic mass is 9.83. The lowest BCUT2D eigenvalue weighted by molar-refractivity contribution is 0.465. The summed E-state index contributed by atoms with van der Waals surface area (Å²) in [4.78, 5) is 10.1. The summed E-state index contributed by atoms with van der Waals surface area (Å²) >= 11 is 0. The maximum atomic E-state index is 11.5. The Kier molecular flexibility index (Phi) is 7.93. The van der Waals surface area contributed by atoms with Crippen molar-refractivity contribution in [1.29, 1.82) is 0 Å². The third-order valence-corrected chi connectivity index (χ3v) is 10.7. The Hall–Kier alpha value is -3.70. The molecule has 1 N–H and O–H groups in total. The fourth-order valence-electron chi connectivity index (χ4n) is 5.73. The van der Waals surface area contributed by atoms with Crippen LogP contribution in [0.4, 0.5) is 0 Å². The number of pyridine rings is 1. The Morgan fingerprint density at radius 1 is 0.814 bits per heavy atom. The molecule has 0 saturated carbocycles. The lowest BCUT2D eigenvalue weighted by Gasteiger charge is -2.22. The Labute approximate surface area is 258 Å². The standard InChI is InChI=1S/C38H47N3OSi/c1-23(2)25-20-31(24(3)4)36(42)32(21-25)37-40-35-30(13-12-14-34(35)41(37)8)26-17-27(19-28(18-26)38(5,6)7)33-22-29(15-16-39-33)43(9,10)11/h12-24,42H,1-11H3. The second kappa shape index (κ2) is 11.1. The maximum absolute atomic E-state index is 11.5. The van der Waals surface area contributed by atoms with Gasteiger partial charge in [-0.3, -0.25) is 4.98 Å². The van der Waals surface area contributed by atoms with Crippen LogP contribution in [0.2, 0.25) is 19.6 Å². The van der Waals surface area contributed by atoms with Gasteiger partial charge in [0.2, 0.25) is 0 Å². The molecule has 0 aliphatic heterocycles. The van der Waals surface area contributed by atoms with Crippen LogP contribution in [0.15, 0.2) is 66.9 Å². The zero-order valence-corrected chi connectivity index (χ0v) is 28.8. The van der Waals surface area contributed by atoms with Crippen molar-refractivity contribution in [2.45, 2.75) is 85.4 Å². The van der Waals surface area contributed by atoms with Crippen molar-refractivity contribution in [2.75, 3.05) is 0 Å². The van der Waals surface area contributed by atoms with Crippen molar-refractivity contribution in [1.82, 2.24) is 14.5 Å². The molecule has 5 heteroatoms. The summed E-state index contributed by atoms with van der Waals surface area (Å²) < 4.78 is 2.12. The van der Waals surface area contributed by atoms with Crippen LogP contribution in [0.25, 0.3) is 44.8 Å². The fraction of sp³-hybridized carbons (Fsp3) is 0.368. The molecule has 5 aromatic rings. The average molecular weight is 590 g/mol. The molecule has 0 aliphatic rings. The van der Waals surface area contributed by atoms with Crippen LogP contribution in [-0.2, 0) is 12.5 Å². The Bertz CT molecular complexity index is 1820. The first-order valence-electron chi connectivity index (χ1n) is 15.5. The monoisotopic (exact) mass is 589 g/mol. The van der Waals surface area contributed by atoms with Gasteiger partial charge < -0.3 is 9.67 Å². The van der Waals surface area contributed by atoms with Crippen LogP contribution in [0.3, 0.4) is 0 Å². The minimum atomic E-state index is -1.50. The Morgan fingerprint density at radius 2 is 1.51 bits per heavy atom. The second-order valence-corrected chi connectivity index (χ2v) is 19.8. The predicted molar refractivity (Wildman–Crippen MR) is 186 cm³/mol. The van der Waals surface area contributed by atoms with Crippen molar-refractivity contribution in [3.8, 4) is 39.5 Å². The van der Waals surface area contributed by atoms with Gasteiger partial charge in [0.05, 0.1) is 30.4 Å². The number of phenolic OH excluding ortho intramolecular Hbond substituents is 1. The molecule has 0 fully saturated rings. The third kappa shape index (κ3) is 5.92. The molecule has 0 saturated heterocycles. The Morgan fingerprint density at radius 3 is 2.14 bits per heavy atom. The first-order chi connectivity index (χ1) is 20.1. The summed E-state index contributed by atoms with van der Waals surface area (Å²) in [5.74, 6) is 1.65. The van der Waals surface area contributed by atoms with Crippen LogP contribution < -0.4 is 5.19 Å². The van der Waals surface area contributed by atoms with Crippen molar-refractivity contribution < 1.29 is 5.11 Å². The molecule has 0 aliphatic carbocycles. The van der Waals surface area contributed by atoms with Gasteiger partial charge in [-0.2, -0.15) is 0 Å². The molecule has 43 heavy (non-hydrogen) atoms. The van der Waals surface area contributed by atoms with E-state index in [-0.39, 0.29) is 11.3 Å². The van der Waals surface area contributed by atoms with Crippen molar-refractivity contribution in [2.24, 2.45) is 7.05 Å². The van der Waals surface area contributed by atoms with Crippen molar-refractivity contribution in [3.63, 3.8) is 0 Å². The quantitative estimate of drug-likeness (QED) is 0.201. The number of fused-ring (bicyclic) bond motifs is 1. The van der Waals surface area contributed by atoms with E-state index in [1.54, 1.807) is 0 Å². The van der Waals surface area contributed by atoms with E-state index in [2.05, 4.69) is 133 Å². The van der Waals surface area contributed by atoms with Gasteiger partial charge in [-0.15, -0.1) is 0 Å². The highest BCUT2D eigenvalue weighted by molar-refractivity contribution is 6.88. The van der Waals surface area contributed by atoms with Crippen LogP contribution in [0.1, 0.15) is 77.0 Å². The SMILES string of the molecule is CC(C)c1cc(-c2nc3c(-c4cc(-c5cc([Si](C)(C)C)ccn5)cc(C(C)(C)C)c4)cccc3n2C)c(O)c(C(C)C)c1. The van der Waals surface area contributed by atoms with Crippen LogP contribution in [0.5, 0.6) is 5.75 Å². The van der Waals surface area contributed by atoms with Gasteiger partial charge >= 0.3 is 0 Å². The summed E-state index contributed by atoms with van der Waals surface area (Å²) in [6, 6.07) is 22.0. The molecule has 0 unspecified atom stereocenters. The number of aromatic nitrogens is 3. The van der Waals surface area contributed by atoms with Crippen LogP contribution in [-0.4, -0.2) is 27.7 Å². The number of rotatable bonds is 6. The van der Waals surface area contributed by atoms with Gasteiger partial charge in [-0.05, 0) is 75.9 Å². The molecule has 4 nitrogen and oxygen atoms in total. The average Bonchev–Trinajstić information content (AvgIpc) is 3.28. The van der Waals surface area contributed by atoms with E-state index in [4.69, 9.17) is 9.97 Å². The first kappa shape index (κ1) is 30.7. The van der Waals surface area contributed by atoms with E-state index < -0.39 is 8.07 Å². The lowest BCUT2D eigenvalue weighted by Crippen LogP contribution is -2.37. The van der Waals surface area contributed by atoms with Gasteiger partial charge in [0.25, 0.3) is 0 Å². The Balaban J connectivity index is 1.75. The van der Waals surface area contributed by atoms with Gasteiger partial charge in [-0.1, -0.05) is 97.6 Å². The minimum Gasteiger partial charge on any atom is -0.507 e. The molecule has 5 rings (SSSR count). The number of para-hydroxylation sites is 1. The molecule has 0 atom stereocenters. The summed E-state index contributed by atoms with van der Waals surface area (Å²) in [5, 5.41) is 12.9. The van der Waals surface area contributed by atoms with E-state index in [1.165, 1.54) is 16.3 Å². The largest absolute Gasteiger partial charge is 0.507 e. The maximum Gasteiger partial charge on any atom is 0.144 e. The molecular formula is C38H47N3OSi. The topological polar surface area (TPSA) is 50.9 Å². The number of aromatic hydroxyl groups is 1. The van der Waals surface area contributed by atoms with E-state index in [1.807, 2.05) is 13.2 Å². The highest BCUT2D eigenvalue weighted by atomic mass is 28.3. The summed E-state index contributed by atoms with van der Waals surface area (Å²) in [5.41, 5.74) is 10.5. The van der Waals surface area contributed by atoms with Crippen LogP contribution in [0, 0.1) is 0 Å². The normalized spacial score (nSPS) is 12.6. The highest BCUT2D eigenvalue weighted by Crippen LogP contribution is 2.41. The van der Waals surface area contributed by atoms with Crippen molar-refractivity contribution in [3.05, 3.63) is 83.6 Å². The van der Waals surface area contributed by atoms with Gasteiger partial charge in [0, 0.05) is 24.4 Å². The summed E-state index contributed by atoms with van der Waals surface area (Å²) in [6.45, 7) is 22.6. The number of imidazole rings is 1. The second-order valence-electron chi connectivity index (χ2n) is 14.7. The third-order valence-electron chi connectivity index (χ3n) is 8.63. The zero-order chi connectivity index (χ0) is 31.4. The molecule has 2 heterocycles. The number of phenols is 1. The molecule has 0 spiro atoms. The predicted octanol–water partition coefficient (Wildman–Crippen LogP) is 9.76. The summed E-state index contributed by atoms with van der Waals surface area (Å²) in [6.07, 6.45) is 1.96. The minimum absolute atomic E-state index is 0.0410.